The minimum atomic E-state index is -0.0000123. The number of aromatic nitrogens is 2. The first-order valence-electron chi connectivity index (χ1n) is 8.03. The first kappa shape index (κ1) is 17.7. The Bertz CT molecular complexity index is 708. The van der Waals surface area contributed by atoms with Gasteiger partial charge in [0, 0.05) is 34.6 Å². The highest BCUT2D eigenvalue weighted by atomic mass is 16.6. The summed E-state index contributed by atoms with van der Waals surface area (Å²) in [5, 5.41) is 4.32. The van der Waals surface area contributed by atoms with Crippen molar-refractivity contribution >= 4 is 5.71 Å². The van der Waals surface area contributed by atoms with Gasteiger partial charge in [-0.3, -0.25) is 9.97 Å². The topological polar surface area (TPSA) is 47.4 Å². The van der Waals surface area contributed by atoms with Crippen LogP contribution in [0.3, 0.4) is 0 Å². The van der Waals surface area contributed by atoms with E-state index in [9.17, 15) is 0 Å². The van der Waals surface area contributed by atoms with Gasteiger partial charge >= 0.3 is 0 Å². The molecular formula is C20H23N3O. The Morgan fingerprint density at radius 2 is 1.54 bits per heavy atom. The molecule has 24 heavy (non-hydrogen) atoms. The molecule has 0 bridgehead atoms. The average Bonchev–Trinajstić information content (AvgIpc) is 2.58. The van der Waals surface area contributed by atoms with Crippen molar-refractivity contribution in [3.8, 4) is 12.3 Å². The van der Waals surface area contributed by atoms with Crippen molar-refractivity contribution in [1.29, 1.82) is 0 Å². The second-order valence-corrected chi connectivity index (χ2v) is 5.84. The molecule has 0 aromatic carbocycles. The van der Waals surface area contributed by atoms with Crippen LogP contribution in [-0.2, 0) is 4.84 Å². The number of hydrogen-bond acceptors (Lipinski definition) is 4. The van der Waals surface area contributed by atoms with Crippen molar-refractivity contribution in [3.63, 3.8) is 0 Å². The zero-order valence-electron chi connectivity index (χ0n) is 14.7. The van der Waals surface area contributed by atoms with E-state index in [-0.39, 0.29) is 18.4 Å². The van der Waals surface area contributed by atoms with Gasteiger partial charge in [0.1, 0.15) is 0 Å². The van der Waals surface area contributed by atoms with Crippen molar-refractivity contribution in [2.45, 2.75) is 39.5 Å². The van der Waals surface area contributed by atoms with Crippen LogP contribution in [0.25, 0.3) is 0 Å². The standard InChI is InChI=1S/C20H23N3O/c1-6-13-24-23-20(16(4)18-11-7-9-14(2)21-18)17(5)19-12-8-10-15(3)22-19/h1,7-12,16-17H,13H2,2-5H3. The zero-order chi connectivity index (χ0) is 17.5. The van der Waals surface area contributed by atoms with Gasteiger partial charge in [-0.2, -0.15) is 0 Å². The Labute approximate surface area is 144 Å². The summed E-state index contributed by atoms with van der Waals surface area (Å²) in [6, 6.07) is 12.0. The number of oxime groups is 1. The quantitative estimate of drug-likeness (QED) is 0.349. The van der Waals surface area contributed by atoms with Gasteiger partial charge in [-0.1, -0.05) is 37.1 Å². The normalized spacial score (nSPS) is 12.8. The predicted octanol–water partition coefficient (Wildman–Crippen LogP) is 4.01. The fourth-order valence-electron chi connectivity index (χ4n) is 2.59. The Morgan fingerprint density at radius 1 is 1.04 bits per heavy atom. The molecule has 0 saturated carbocycles. The monoisotopic (exact) mass is 321 g/mol. The van der Waals surface area contributed by atoms with E-state index in [0.29, 0.717) is 0 Å². The molecule has 2 aromatic rings. The van der Waals surface area contributed by atoms with Crippen LogP contribution >= 0.6 is 0 Å². The van der Waals surface area contributed by atoms with Crippen molar-refractivity contribution in [3.05, 3.63) is 59.2 Å². The second-order valence-electron chi connectivity index (χ2n) is 5.84. The SMILES string of the molecule is C#CCON=C(C(C)c1cccc(C)n1)C(C)c1cccc(C)n1. The molecule has 2 rings (SSSR count). The van der Waals surface area contributed by atoms with E-state index in [1.165, 1.54) is 0 Å². The lowest BCUT2D eigenvalue weighted by Gasteiger charge is -2.20. The summed E-state index contributed by atoms with van der Waals surface area (Å²) in [5.74, 6) is 2.44. The fourth-order valence-corrected chi connectivity index (χ4v) is 2.59. The summed E-state index contributed by atoms with van der Waals surface area (Å²) in [4.78, 5) is 14.5. The molecule has 0 aliphatic heterocycles. The Morgan fingerprint density at radius 3 is 1.96 bits per heavy atom. The second kappa shape index (κ2) is 8.26. The lowest BCUT2D eigenvalue weighted by Crippen LogP contribution is -2.20. The maximum atomic E-state index is 5.29. The number of aryl methyl sites for hydroxylation is 2. The van der Waals surface area contributed by atoms with Crippen LogP contribution in [-0.4, -0.2) is 22.3 Å². The van der Waals surface area contributed by atoms with Crippen LogP contribution in [0.1, 0.15) is 48.5 Å². The summed E-state index contributed by atoms with van der Waals surface area (Å²) in [6.07, 6.45) is 5.26. The molecule has 4 heteroatoms. The minimum Gasteiger partial charge on any atom is -0.383 e. The minimum absolute atomic E-state index is 0.0000123. The first-order chi connectivity index (χ1) is 11.5. The molecule has 0 aliphatic carbocycles. The van der Waals surface area contributed by atoms with Crippen molar-refractivity contribution in [2.75, 3.05) is 6.61 Å². The molecule has 0 fully saturated rings. The molecule has 0 amide bonds. The van der Waals surface area contributed by atoms with Crippen LogP contribution in [0.5, 0.6) is 0 Å². The van der Waals surface area contributed by atoms with Gasteiger partial charge in [0.05, 0.1) is 5.71 Å². The van der Waals surface area contributed by atoms with Gasteiger partial charge in [0.25, 0.3) is 0 Å². The smallest absolute Gasteiger partial charge is 0.177 e. The van der Waals surface area contributed by atoms with E-state index in [0.717, 1.165) is 28.5 Å². The molecule has 2 heterocycles. The highest BCUT2D eigenvalue weighted by molar-refractivity contribution is 5.95. The fraction of sp³-hybridized carbons (Fsp3) is 0.350. The Kier molecular flexibility index (Phi) is 6.08. The summed E-state index contributed by atoms with van der Waals surface area (Å²) in [7, 11) is 0. The Balaban J connectivity index is 2.37. The lowest BCUT2D eigenvalue weighted by molar-refractivity contribution is 0.177. The van der Waals surface area contributed by atoms with Crippen molar-refractivity contribution < 1.29 is 4.84 Å². The maximum Gasteiger partial charge on any atom is 0.177 e. The van der Waals surface area contributed by atoms with Crippen LogP contribution in [0.15, 0.2) is 41.6 Å². The molecule has 124 valence electrons. The largest absolute Gasteiger partial charge is 0.383 e. The molecule has 2 unspecified atom stereocenters. The van der Waals surface area contributed by atoms with E-state index in [1.54, 1.807) is 0 Å². The van der Waals surface area contributed by atoms with Gasteiger partial charge in [-0.15, -0.1) is 6.42 Å². The number of terminal acetylenes is 1. The summed E-state index contributed by atoms with van der Waals surface area (Å²) in [6.45, 7) is 8.25. The molecular weight excluding hydrogens is 298 g/mol. The summed E-state index contributed by atoms with van der Waals surface area (Å²) in [5.41, 5.74) is 4.73. The van der Waals surface area contributed by atoms with Crippen molar-refractivity contribution in [1.82, 2.24) is 9.97 Å². The van der Waals surface area contributed by atoms with E-state index in [2.05, 4.69) is 34.9 Å². The number of hydrogen-bond donors (Lipinski definition) is 0. The average molecular weight is 321 g/mol. The molecule has 0 aliphatic rings. The number of nitrogens with zero attached hydrogens (tertiary/aromatic N) is 3. The molecule has 0 spiro atoms. The van der Waals surface area contributed by atoms with Gasteiger partial charge in [-0.05, 0) is 38.1 Å². The first-order valence-corrected chi connectivity index (χ1v) is 8.03. The third-order valence-electron chi connectivity index (χ3n) is 3.91. The van der Waals surface area contributed by atoms with E-state index in [1.807, 2.05) is 50.2 Å². The van der Waals surface area contributed by atoms with E-state index >= 15 is 0 Å². The predicted molar refractivity (Wildman–Crippen MR) is 97.0 cm³/mol. The van der Waals surface area contributed by atoms with Gasteiger partial charge < -0.3 is 4.84 Å². The highest BCUT2D eigenvalue weighted by Gasteiger charge is 2.24. The highest BCUT2D eigenvalue weighted by Crippen LogP contribution is 2.26. The van der Waals surface area contributed by atoms with E-state index in [4.69, 9.17) is 11.3 Å². The lowest BCUT2D eigenvalue weighted by atomic mass is 9.89. The molecule has 2 atom stereocenters. The summed E-state index contributed by atoms with van der Waals surface area (Å²) < 4.78 is 0. The van der Waals surface area contributed by atoms with Crippen LogP contribution in [0.4, 0.5) is 0 Å². The third kappa shape index (κ3) is 4.42. The van der Waals surface area contributed by atoms with Gasteiger partial charge in [-0.25, -0.2) is 0 Å². The maximum absolute atomic E-state index is 5.29. The number of pyridine rings is 2. The molecule has 0 radical (unpaired) electrons. The summed E-state index contributed by atoms with van der Waals surface area (Å²) >= 11 is 0. The van der Waals surface area contributed by atoms with Gasteiger partial charge in [0.15, 0.2) is 6.61 Å². The Hall–Kier alpha value is -2.67. The molecule has 4 nitrogen and oxygen atoms in total. The molecule has 2 aromatic heterocycles. The zero-order valence-corrected chi connectivity index (χ0v) is 14.7. The van der Waals surface area contributed by atoms with E-state index < -0.39 is 0 Å². The molecule has 0 saturated heterocycles. The van der Waals surface area contributed by atoms with Crippen LogP contribution in [0, 0.1) is 26.2 Å². The molecule has 0 N–H and O–H groups in total. The number of rotatable bonds is 6. The van der Waals surface area contributed by atoms with Crippen LogP contribution < -0.4 is 0 Å². The third-order valence-corrected chi connectivity index (χ3v) is 3.91. The van der Waals surface area contributed by atoms with Crippen molar-refractivity contribution in [2.24, 2.45) is 5.16 Å². The van der Waals surface area contributed by atoms with Crippen LogP contribution in [0.2, 0.25) is 0 Å². The van der Waals surface area contributed by atoms with Gasteiger partial charge in [0.2, 0.25) is 0 Å².